The van der Waals surface area contributed by atoms with Crippen LogP contribution >= 0.6 is 11.8 Å². The van der Waals surface area contributed by atoms with Crippen LogP contribution in [-0.2, 0) is 9.53 Å². The number of nitrogens with zero attached hydrogens (tertiary/aromatic N) is 1. The van der Waals surface area contributed by atoms with Gasteiger partial charge in [-0.25, -0.2) is 0 Å². The molecule has 0 spiro atoms. The molecule has 0 radical (unpaired) electrons. The fraction of sp³-hybridized carbons (Fsp3) is 0.909. The van der Waals surface area contributed by atoms with Crippen molar-refractivity contribution in [2.24, 2.45) is 0 Å². The monoisotopic (exact) mass is 231 g/mol. The molecule has 1 saturated heterocycles. The standard InChI is InChI=1S/C11H21NO2S/c1-3-15-9-8-12-7-5-4-6-10(12)11(13)14-2/h10H,3-9H2,1-2H3/t10-/m1/s1. The maximum Gasteiger partial charge on any atom is 0.323 e. The van der Waals surface area contributed by atoms with Crippen LogP contribution in [0, 0.1) is 0 Å². The van der Waals surface area contributed by atoms with Crippen LogP contribution in [0.5, 0.6) is 0 Å². The van der Waals surface area contributed by atoms with Crippen LogP contribution < -0.4 is 0 Å². The zero-order valence-corrected chi connectivity index (χ0v) is 10.5. The number of carbonyl (C=O) groups excluding carboxylic acids is 1. The van der Waals surface area contributed by atoms with Gasteiger partial charge in [-0.3, -0.25) is 9.69 Å². The van der Waals surface area contributed by atoms with Gasteiger partial charge in [0.25, 0.3) is 0 Å². The van der Waals surface area contributed by atoms with E-state index in [1.807, 2.05) is 11.8 Å². The fourth-order valence-electron chi connectivity index (χ4n) is 1.99. The summed E-state index contributed by atoms with van der Waals surface area (Å²) in [4.78, 5) is 13.8. The summed E-state index contributed by atoms with van der Waals surface area (Å²) < 4.78 is 4.84. The maximum atomic E-state index is 11.5. The number of ether oxygens (including phenoxy) is 1. The molecule has 88 valence electrons. The van der Waals surface area contributed by atoms with Crippen LogP contribution in [-0.4, -0.2) is 48.6 Å². The molecule has 0 aromatic heterocycles. The van der Waals surface area contributed by atoms with Crippen molar-refractivity contribution in [3.05, 3.63) is 0 Å². The number of hydrogen-bond donors (Lipinski definition) is 0. The number of likely N-dealkylation sites (tertiary alicyclic amines) is 1. The largest absolute Gasteiger partial charge is 0.468 e. The van der Waals surface area contributed by atoms with E-state index in [9.17, 15) is 4.79 Å². The molecule has 0 N–H and O–H groups in total. The normalized spacial score (nSPS) is 22.7. The van der Waals surface area contributed by atoms with E-state index in [0.29, 0.717) is 0 Å². The highest BCUT2D eigenvalue weighted by atomic mass is 32.2. The molecule has 1 atom stereocenters. The first kappa shape index (κ1) is 12.8. The minimum atomic E-state index is -0.0591. The van der Waals surface area contributed by atoms with E-state index in [2.05, 4.69) is 11.8 Å². The Kier molecular flexibility index (Phi) is 6.10. The molecule has 0 aliphatic carbocycles. The summed E-state index contributed by atoms with van der Waals surface area (Å²) >= 11 is 1.93. The zero-order chi connectivity index (χ0) is 11.1. The molecule has 3 nitrogen and oxygen atoms in total. The van der Waals surface area contributed by atoms with Crippen LogP contribution in [0.15, 0.2) is 0 Å². The lowest BCUT2D eigenvalue weighted by Crippen LogP contribution is -2.46. The topological polar surface area (TPSA) is 29.5 Å². The minimum absolute atomic E-state index is 0.0150. The molecule has 1 heterocycles. The second-order valence-corrected chi connectivity index (χ2v) is 5.16. The van der Waals surface area contributed by atoms with Crippen molar-refractivity contribution in [2.45, 2.75) is 32.2 Å². The van der Waals surface area contributed by atoms with Gasteiger partial charge in [0, 0.05) is 12.3 Å². The predicted octanol–water partition coefficient (Wildman–Crippen LogP) is 1.77. The van der Waals surface area contributed by atoms with Gasteiger partial charge in [-0.2, -0.15) is 11.8 Å². The Morgan fingerprint density at radius 2 is 2.33 bits per heavy atom. The molecule has 15 heavy (non-hydrogen) atoms. The molecular weight excluding hydrogens is 210 g/mol. The summed E-state index contributed by atoms with van der Waals surface area (Å²) in [6.07, 6.45) is 3.32. The Balaban J connectivity index is 2.39. The smallest absolute Gasteiger partial charge is 0.323 e. The SMILES string of the molecule is CCSCCN1CCCC[C@@H]1C(=O)OC. The first-order valence-electron chi connectivity index (χ1n) is 5.69. The Bertz CT molecular complexity index is 199. The van der Waals surface area contributed by atoms with Gasteiger partial charge in [-0.15, -0.1) is 0 Å². The number of hydrogen-bond acceptors (Lipinski definition) is 4. The number of rotatable bonds is 5. The number of piperidine rings is 1. The van der Waals surface area contributed by atoms with Crippen molar-refractivity contribution in [3.63, 3.8) is 0 Å². The van der Waals surface area contributed by atoms with E-state index in [4.69, 9.17) is 4.74 Å². The molecule has 1 fully saturated rings. The summed E-state index contributed by atoms with van der Waals surface area (Å²) in [7, 11) is 1.48. The van der Waals surface area contributed by atoms with E-state index >= 15 is 0 Å². The van der Waals surface area contributed by atoms with Gasteiger partial charge in [0.1, 0.15) is 6.04 Å². The van der Waals surface area contributed by atoms with E-state index in [1.54, 1.807) is 0 Å². The highest BCUT2D eigenvalue weighted by Crippen LogP contribution is 2.18. The van der Waals surface area contributed by atoms with E-state index in [1.165, 1.54) is 13.5 Å². The van der Waals surface area contributed by atoms with Gasteiger partial charge in [-0.05, 0) is 25.1 Å². The molecule has 0 amide bonds. The molecular formula is C11H21NO2S. The van der Waals surface area contributed by atoms with Crippen LogP contribution in [0.25, 0.3) is 0 Å². The molecule has 0 aromatic carbocycles. The predicted molar refractivity (Wildman–Crippen MR) is 64.2 cm³/mol. The lowest BCUT2D eigenvalue weighted by molar-refractivity contribution is -0.148. The van der Waals surface area contributed by atoms with E-state index in [-0.39, 0.29) is 12.0 Å². The second kappa shape index (κ2) is 7.12. The van der Waals surface area contributed by atoms with Crippen molar-refractivity contribution >= 4 is 17.7 Å². The Hall–Kier alpha value is -0.220. The summed E-state index contributed by atoms with van der Waals surface area (Å²) in [5.41, 5.74) is 0. The fourth-order valence-corrected chi connectivity index (χ4v) is 2.64. The third kappa shape index (κ3) is 4.03. The van der Waals surface area contributed by atoms with Gasteiger partial charge in [-0.1, -0.05) is 13.3 Å². The van der Waals surface area contributed by atoms with Gasteiger partial charge in [0.05, 0.1) is 7.11 Å². The van der Waals surface area contributed by atoms with Crippen molar-refractivity contribution in [1.29, 1.82) is 0 Å². The lowest BCUT2D eigenvalue weighted by atomic mass is 10.0. The summed E-state index contributed by atoms with van der Waals surface area (Å²) in [6.45, 7) is 4.22. The maximum absolute atomic E-state index is 11.5. The van der Waals surface area contributed by atoms with Crippen molar-refractivity contribution < 1.29 is 9.53 Å². The Morgan fingerprint density at radius 3 is 3.00 bits per heavy atom. The average Bonchev–Trinajstić information content (AvgIpc) is 2.29. The minimum Gasteiger partial charge on any atom is -0.468 e. The van der Waals surface area contributed by atoms with Crippen LogP contribution in [0.1, 0.15) is 26.2 Å². The van der Waals surface area contributed by atoms with Gasteiger partial charge < -0.3 is 4.74 Å². The summed E-state index contributed by atoms with van der Waals surface area (Å²) in [5.74, 6) is 2.21. The van der Waals surface area contributed by atoms with Gasteiger partial charge >= 0.3 is 5.97 Å². The molecule has 4 heteroatoms. The summed E-state index contributed by atoms with van der Waals surface area (Å²) in [6, 6.07) is 0.0150. The molecule has 1 aliphatic heterocycles. The number of thioether (sulfide) groups is 1. The van der Waals surface area contributed by atoms with E-state index in [0.717, 1.165) is 37.4 Å². The van der Waals surface area contributed by atoms with Gasteiger partial charge in [0.2, 0.25) is 0 Å². The van der Waals surface area contributed by atoms with Crippen LogP contribution in [0.3, 0.4) is 0 Å². The van der Waals surface area contributed by atoms with Crippen LogP contribution in [0.4, 0.5) is 0 Å². The molecule has 0 aromatic rings. The number of carbonyl (C=O) groups is 1. The third-order valence-electron chi connectivity index (χ3n) is 2.81. The third-order valence-corrected chi connectivity index (χ3v) is 3.69. The molecule has 0 saturated carbocycles. The van der Waals surface area contributed by atoms with Crippen LogP contribution in [0.2, 0.25) is 0 Å². The number of esters is 1. The first-order valence-corrected chi connectivity index (χ1v) is 6.84. The average molecular weight is 231 g/mol. The quantitative estimate of drug-likeness (QED) is 0.533. The highest BCUT2D eigenvalue weighted by molar-refractivity contribution is 7.99. The van der Waals surface area contributed by atoms with Gasteiger partial charge in [0.15, 0.2) is 0 Å². The van der Waals surface area contributed by atoms with Crippen molar-refractivity contribution in [3.8, 4) is 0 Å². The zero-order valence-electron chi connectivity index (χ0n) is 9.70. The Labute approximate surface area is 96.5 Å². The molecule has 1 aliphatic rings. The van der Waals surface area contributed by atoms with Crippen molar-refractivity contribution in [2.75, 3.05) is 31.7 Å². The van der Waals surface area contributed by atoms with E-state index < -0.39 is 0 Å². The molecule has 0 unspecified atom stereocenters. The van der Waals surface area contributed by atoms with Crippen molar-refractivity contribution in [1.82, 2.24) is 4.90 Å². The number of methoxy groups -OCH3 is 1. The lowest BCUT2D eigenvalue weighted by Gasteiger charge is -2.33. The first-order chi connectivity index (χ1) is 7.29. The second-order valence-electron chi connectivity index (χ2n) is 3.77. The molecule has 1 rings (SSSR count). The summed E-state index contributed by atoms with van der Waals surface area (Å²) in [5, 5.41) is 0. The Morgan fingerprint density at radius 1 is 1.53 bits per heavy atom. The molecule has 0 bridgehead atoms. The highest BCUT2D eigenvalue weighted by Gasteiger charge is 2.28.